The van der Waals surface area contributed by atoms with E-state index in [1.807, 2.05) is 24.3 Å². The standard InChI is InChI=1S/C40H36N4/c1-3-5-10-28-17-21-30(22-18-28)38-40(44-36-14-9-7-12-34(36)42-38)32-25-23-31(24-26-32)39-37(29-19-15-27(4-2)16-20-29)41-33-11-6-8-13-35(33)43-39/h7-9,12-26H,3-6,10-11H2,1-2H3. The highest BCUT2D eigenvalue weighted by atomic mass is 14.9. The van der Waals surface area contributed by atoms with Gasteiger partial charge in [-0.05, 0) is 61.4 Å². The molecular weight excluding hydrogens is 536 g/mol. The van der Waals surface area contributed by atoms with Crippen molar-refractivity contribution in [3.63, 3.8) is 0 Å². The monoisotopic (exact) mass is 572 g/mol. The van der Waals surface area contributed by atoms with Crippen molar-refractivity contribution >= 4 is 17.1 Å². The molecule has 2 aromatic heterocycles. The first kappa shape index (κ1) is 27.8. The molecule has 4 nitrogen and oxygen atoms in total. The Morgan fingerprint density at radius 3 is 1.59 bits per heavy atom. The molecule has 0 aliphatic heterocycles. The third-order valence-corrected chi connectivity index (χ3v) is 8.51. The zero-order chi connectivity index (χ0) is 29.9. The first-order valence-corrected chi connectivity index (χ1v) is 15.8. The molecule has 4 heteroatoms. The fraction of sp³-hybridized carbons (Fsp3) is 0.200. The lowest BCUT2D eigenvalue weighted by atomic mass is 9.97. The van der Waals surface area contributed by atoms with Crippen molar-refractivity contribution < 1.29 is 0 Å². The maximum absolute atomic E-state index is 5.17. The molecule has 0 amide bonds. The molecule has 0 radical (unpaired) electrons. The van der Waals surface area contributed by atoms with Crippen molar-refractivity contribution in [2.24, 2.45) is 0 Å². The highest BCUT2D eigenvalue weighted by Gasteiger charge is 2.19. The quantitative estimate of drug-likeness (QED) is 0.182. The Morgan fingerprint density at radius 2 is 1.05 bits per heavy atom. The van der Waals surface area contributed by atoms with E-state index in [1.165, 1.54) is 24.0 Å². The average molecular weight is 573 g/mol. The maximum atomic E-state index is 5.17. The first-order valence-electron chi connectivity index (χ1n) is 15.8. The summed E-state index contributed by atoms with van der Waals surface area (Å²) in [5, 5.41) is 0. The molecule has 0 spiro atoms. The minimum atomic E-state index is 0.881. The number of hydrogen-bond acceptors (Lipinski definition) is 4. The summed E-state index contributed by atoms with van der Waals surface area (Å²) in [6, 6.07) is 34.3. The normalized spacial score (nSPS) is 12.4. The lowest BCUT2D eigenvalue weighted by molar-refractivity contribution is 0.795. The van der Waals surface area contributed by atoms with Crippen molar-refractivity contribution in [1.82, 2.24) is 19.9 Å². The van der Waals surface area contributed by atoms with Gasteiger partial charge in [0.1, 0.15) is 0 Å². The van der Waals surface area contributed by atoms with E-state index in [0.717, 1.165) is 93.1 Å². The van der Waals surface area contributed by atoms with Gasteiger partial charge in [0.15, 0.2) is 0 Å². The minimum absolute atomic E-state index is 0.881. The van der Waals surface area contributed by atoms with Crippen LogP contribution in [-0.4, -0.2) is 19.9 Å². The van der Waals surface area contributed by atoms with Crippen LogP contribution in [0.1, 0.15) is 55.6 Å². The average Bonchev–Trinajstić information content (AvgIpc) is 3.10. The van der Waals surface area contributed by atoms with Crippen molar-refractivity contribution in [1.29, 1.82) is 0 Å². The van der Waals surface area contributed by atoms with Gasteiger partial charge in [-0.15, -0.1) is 0 Å². The Hall–Kier alpha value is -4.96. The van der Waals surface area contributed by atoms with Gasteiger partial charge in [-0.2, -0.15) is 0 Å². The van der Waals surface area contributed by atoms with Gasteiger partial charge in [-0.1, -0.05) is 111 Å². The van der Waals surface area contributed by atoms with E-state index in [2.05, 4.69) is 98.8 Å². The number of rotatable bonds is 8. The highest BCUT2D eigenvalue weighted by Crippen LogP contribution is 2.35. The van der Waals surface area contributed by atoms with Crippen LogP contribution in [0.5, 0.6) is 0 Å². The van der Waals surface area contributed by atoms with Crippen molar-refractivity contribution in [3.05, 3.63) is 126 Å². The van der Waals surface area contributed by atoms with Crippen LogP contribution >= 0.6 is 0 Å². The van der Waals surface area contributed by atoms with E-state index < -0.39 is 0 Å². The summed E-state index contributed by atoms with van der Waals surface area (Å²) < 4.78 is 0. The fourth-order valence-electron chi connectivity index (χ4n) is 5.92. The van der Waals surface area contributed by atoms with Crippen LogP contribution in [0.3, 0.4) is 0 Å². The summed E-state index contributed by atoms with van der Waals surface area (Å²) in [4.78, 5) is 20.6. The molecule has 0 N–H and O–H groups in total. The van der Waals surface area contributed by atoms with Gasteiger partial charge in [0.05, 0.1) is 45.2 Å². The van der Waals surface area contributed by atoms with Crippen molar-refractivity contribution in [3.8, 4) is 45.0 Å². The molecule has 44 heavy (non-hydrogen) atoms. The molecule has 2 heterocycles. The number of allylic oxidation sites excluding steroid dienone is 1. The van der Waals surface area contributed by atoms with E-state index in [1.54, 1.807) is 0 Å². The SMILES string of the molecule is CCCCc1ccc(-c2nc3ccccc3nc2-c2ccc(-c3nc4c(nc3-c3ccc(CC)cc3)CCC=C4)cc2)cc1. The molecule has 0 atom stereocenters. The molecule has 7 rings (SSSR count). The maximum Gasteiger partial charge on any atom is 0.0973 e. The number of benzene rings is 4. The second kappa shape index (κ2) is 12.3. The van der Waals surface area contributed by atoms with E-state index in [0.29, 0.717) is 0 Å². The van der Waals surface area contributed by atoms with Gasteiger partial charge in [-0.3, -0.25) is 0 Å². The Bertz CT molecular complexity index is 1950. The molecule has 216 valence electrons. The number of hydrogen-bond donors (Lipinski definition) is 0. The zero-order valence-electron chi connectivity index (χ0n) is 25.4. The zero-order valence-corrected chi connectivity index (χ0v) is 25.4. The smallest absolute Gasteiger partial charge is 0.0973 e. The first-order chi connectivity index (χ1) is 21.7. The summed E-state index contributed by atoms with van der Waals surface area (Å²) in [6.07, 6.45) is 10.7. The number of aromatic nitrogens is 4. The molecule has 0 bridgehead atoms. The van der Waals surface area contributed by atoms with Gasteiger partial charge in [0.25, 0.3) is 0 Å². The predicted molar refractivity (Wildman–Crippen MR) is 182 cm³/mol. The molecule has 0 saturated heterocycles. The molecule has 1 aliphatic carbocycles. The molecule has 4 aromatic carbocycles. The van der Waals surface area contributed by atoms with Crippen molar-refractivity contribution in [2.75, 3.05) is 0 Å². The third kappa shape index (κ3) is 5.56. The van der Waals surface area contributed by atoms with Crippen LogP contribution in [0.2, 0.25) is 0 Å². The lowest BCUT2D eigenvalue weighted by Gasteiger charge is -2.16. The molecule has 6 aromatic rings. The van der Waals surface area contributed by atoms with Crippen LogP contribution < -0.4 is 0 Å². The number of unbranched alkanes of at least 4 members (excludes halogenated alkanes) is 1. The van der Waals surface area contributed by atoms with E-state index in [-0.39, 0.29) is 0 Å². The van der Waals surface area contributed by atoms with Gasteiger partial charge in [-0.25, -0.2) is 19.9 Å². The van der Waals surface area contributed by atoms with Gasteiger partial charge < -0.3 is 0 Å². The van der Waals surface area contributed by atoms with Gasteiger partial charge in [0, 0.05) is 22.3 Å². The van der Waals surface area contributed by atoms with E-state index >= 15 is 0 Å². The predicted octanol–water partition coefficient (Wildman–Crippen LogP) is 9.95. The largest absolute Gasteiger partial charge is 0.248 e. The molecule has 0 saturated carbocycles. The van der Waals surface area contributed by atoms with Crippen LogP contribution in [0, 0.1) is 0 Å². The van der Waals surface area contributed by atoms with E-state index in [4.69, 9.17) is 19.9 Å². The number of fused-ring (bicyclic) bond motifs is 2. The van der Waals surface area contributed by atoms with Crippen LogP contribution in [0.25, 0.3) is 62.1 Å². The Kier molecular flexibility index (Phi) is 7.81. The second-order valence-corrected chi connectivity index (χ2v) is 11.5. The van der Waals surface area contributed by atoms with Gasteiger partial charge in [0.2, 0.25) is 0 Å². The third-order valence-electron chi connectivity index (χ3n) is 8.51. The van der Waals surface area contributed by atoms with Crippen LogP contribution in [0.15, 0.2) is 103 Å². The molecular formula is C40H36N4. The molecule has 0 unspecified atom stereocenters. The Labute approximate surface area is 259 Å². The Balaban J connectivity index is 1.31. The summed E-state index contributed by atoms with van der Waals surface area (Å²) in [6.45, 7) is 4.41. The summed E-state index contributed by atoms with van der Waals surface area (Å²) >= 11 is 0. The summed E-state index contributed by atoms with van der Waals surface area (Å²) in [5.74, 6) is 0. The topological polar surface area (TPSA) is 51.6 Å². The minimum Gasteiger partial charge on any atom is -0.248 e. The van der Waals surface area contributed by atoms with Gasteiger partial charge >= 0.3 is 0 Å². The summed E-state index contributed by atoms with van der Waals surface area (Å²) in [7, 11) is 0. The highest BCUT2D eigenvalue weighted by molar-refractivity contribution is 5.87. The number of aryl methyl sites for hydroxylation is 3. The fourth-order valence-corrected chi connectivity index (χ4v) is 5.92. The second-order valence-electron chi connectivity index (χ2n) is 11.5. The van der Waals surface area contributed by atoms with Crippen molar-refractivity contribution in [2.45, 2.75) is 52.4 Å². The number of nitrogens with zero attached hydrogens (tertiary/aromatic N) is 4. The Morgan fingerprint density at radius 1 is 0.545 bits per heavy atom. The molecule has 1 aliphatic rings. The lowest BCUT2D eigenvalue weighted by Crippen LogP contribution is -2.05. The number of para-hydroxylation sites is 2. The van der Waals surface area contributed by atoms with E-state index in [9.17, 15) is 0 Å². The van der Waals surface area contributed by atoms with Crippen LogP contribution in [0.4, 0.5) is 0 Å². The summed E-state index contributed by atoms with van der Waals surface area (Å²) in [5.41, 5.74) is 14.3. The van der Waals surface area contributed by atoms with Crippen LogP contribution in [-0.2, 0) is 19.3 Å². The molecule has 0 fully saturated rings.